The van der Waals surface area contributed by atoms with Crippen LogP contribution < -0.4 is 15.8 Å². The smallest absolute Gasteiger partial charge is 0.378 e. The van der Waals surface area contributed by atoms with Crippen molar-refractivity contribution in [2.45, 2.75) is 12.7 Å². The minimum Gasteiger partial charge on any atom is -0.378 e. The quantitative estimate of drug-likeness (QED) is 0.319. The molecule has 0 saturated carbocycles. The SMILES string of the molecule is Cn1cc2[nH]c(=O)c(-c3nc4cc(N5CCOCC5)c(C(F)(F)F)cc4[nH]3)c(NCc3ncccn3)c2n1. The van der Waals surface area contributed by atoms with E-state index in [4.69, 9.17) is 4.74 Å². The molecule has 0 atom stereocenters. The zero-order valence-corrected chi connectivity index (χ0v) is 20.1. The van der Waals surface area contributed by atoms with Gasteiger partial charge < -0.3 is 24.9 Å². The molecule has 14 heteroatoms. The van der Waals surface area contributed by atoms with E-state index >= 15 is 0 Å². The van der Waals surface area contributed by atoms with Gasteiger partial charge in [0.05, 0.1) is 53.2 Å². The average Bonchev–Trinajstić information content (AvgIpc) is 3.48. The first-order valence-corrected chi connectivity index (χ1v) is 11.8. The number of fused-ring (bicyclic) bond motifs is 2. The number of H-pyrrole nitrogens is 2. The van der Waals surface area contributed by atoms with Gasteiger partial charge in [-0.25, -0.2) is 15.0 Å². The summed E-state index contributed by atoms with van der Waals surface area (Å²) >= 11 is 0. The number of aromatic nitrogens is 7. The van der Waals surface area contributed by atoms with Crippen LogP contribution in [0.3, 0.4) is 0 Å². The molecule has 6 rings (SSSR count). The number of anilines is 2. The monoisotopic (exact) mass is 525 g/mol. The second-order valence-corrected chi connectivity index (χ2v) is 8.86. The normalized spacial score (nSPS) is 14.5. The van der Waals surface area contributed by atoms with Gasteiger partial charge in [-0.1, -0.05) is 0 Å². The van der Waals surface area contributed by atoms with Crippen LogP contribution in [0.4, 0.5) is 24.5 Å². The van der Waals surface area contributed by atoms with Crippen molar-refractivity contribution in [2.24, 2.45) is 7.05 Å². The van der Waals surface area contributed by atoms with E-state index in [0.29, 0.717) is 54.4 Å². The molecule has 38 heavy (non-hydrogen) atoms. The lowest BCUT2D eigenvalue weighted by Crippen LogP contribution is -2.37. The van der Waals surface area contributed by atoms with Gasteiger partial charge in [0.1, 0.15) is 22.7 Å². The maximum atomic E-state index is 14.0. The number of benzene rings is 1. The summed E-state index contributed by atoms with van der Waals surface area (Å²) in [6.45, 7) is 1.51. The Hall–Kier alpha value is -4.46. The van der Waals surface area contributed by atoms with E-state index in [1.807, 2.05) is 0 Å². The Morgan fingerprint density at radius 3 is 2.61 bits per heavy atom. The molecule has 1 aliphatic heterocycles. The molecule has 0 aliphatic carbocycles. The van der Waals surface area contributed by atoms with Crippen molar-refractivity contribution in [3.05, 3.63) is 58.5 Å². The minimum atomic E-state index is -4.58. The number of rotatable bonds is 5. The van der Waals surface area contributed by atoms with Crippen molar-refractivity contribution in [3.8, 4) is 11.4 Å². The van der Waals surface area contributed by atoms with Crippen LogP contribution in [-0.4, -0.2) is 61.0 Å². The maximum Gasteiger partial charge on any atom is 0.418 e. The highest BCUT2D eigenvalue weighted by Gasteiger charge is 2.36. The van der Waals surface area contributed by atoms with Crippen LogP contribution in [0.25, 0.3) is 33.5 Å². The molecule has 1 saturated heterocycles. The molecule has 196 valence electrons. The maximum absolute atomic E-state index is 14.0. The fourth-order valence-electron chi connectivity index (χ4n) is 4.63. The molecule has 1 fully saturated rings. The second kappa shape index (κ2) is 9.13. The number of hydrogen-bond donors (Lipinski definition) is 3. The summed E-state index contributed by atoms with van der Waals surface area (Å²) in [5.41, 5.74) is 0.646. The summed E-state index contributed by atoms with van der Waals surface area (Å²) in [4.78, 5) is 33.6. The fourth-order valence-corrected chi connectivity index (χ4v) is 4.63. The summed E-state index contributed by atoms with van der Waals surface area (Å²) in [6, 6.07) is 4.13. The predicted molar refractivity (Wildman–Crippen MR) is 134 cm³/mol. The number of hydrogen-bond acceptors (Lipinski definition) is 8. The largest absolute Gasteiger partial charge is 0.418 e. The third-order valence-electron chi connectivity index (χ3n) is 6.33. The lowest BCUT2D eigenvalue weighted by molar-refractivity contribution is -0.137. The first-order chi connectivity index (χ1) is 18.3. The third kappa shape index (κ3) is 4.32. The van der Waals surface area contributed by atoms with Crippen LogP contribution in [-0.2, 0) is 24.5 Å². The summed E-state index contributed by atoms with van der Waals surface area (Å²) in [6.07, 6.45) is 0.276. The number of aromatic amines is 2. The molecule has 3 N–H and O–H groups in total. The van der Waals surface area contributed by atoms with E-state index in [0.717, 1.165) is 6.07 Å². The molecule has 5 aromatic rings. The summed E-state index contributed by atoms with van der Waals surface area (Å²) < 4.78 is 49.0. The summed E-state index contributed by atoms with van der Waals surface area (Å²) in [5.74, 6) is 0.593. The summed E-state index contributed by atoms with van der Waals surface area (Å²) in [5, 5.41) is 7.65. The Labute approximate surface area is 212 Å². The first kappa shape index (κ1) is 23.9. The molecule has 1 aliphatic rings. The first-order valence-electron chi connectivity index (χ1n) is 11.8. The van der Waals surface area contributed by atoms with Crippen molar-refractivity contribution in [1.29, 1.82) is 0 Å². The van der Waals surface area contributed by atoms with Crippen LogP contribution >= 0.6 is 0 Å². The molecule has 0 bridgehead atoms. The topological polar surface area (TPSA) is 130 Å². The number of alkyl halides is 3. The van der Waals surface area contributed by atoms with Crippen LogP contribution in [0.5, 0.6) is 0 Å². The number of ether oxygens (including phenoxy) is 1. The van der Waals surface area contributed by atoms with Gasteiger partial charge in [0.2, 0.25) is 0 Å². The van der Waals surface area contributed by atoms with Gasteiger partial charge in [-0.2, -0.15) is 18.3 Å². The van der Waals surface area contributed by atoms with E-state index in [1.54, 1.807) is 41.3 Å². The molecule has 1 aromatic carbocycles. The standard InChI is InChI=1S/C24H22F3N9O2/c1-35-12-16-20(34-35)21(30-11-18-28-3-2-4-29-18)19(23(37)33-16)22-31-14-9-13(24(25,26)27)17(10-15(14)32-22)36-5-7-38-8-6-36/h2-4,9-10,12,30H,5-8,11H2,1H3,(H,31,32)(H,33,37). The van der Waals surface area contributed by atoms with Crippen LogP contribution in [0.1, 0.15) is 11.4 Å². The van der Waals surface area contributed by atoms with Crippen molar-refractivity contribution in [2.75, 3.05) is 36.5 Å². The average molecular weight is 525 g/mol. The van der Waals surface area contributed by atoms with Gasteiger partial charge in [-0.05, 0) is 18.2 Å². The van der Waals surface area contributed by atoms with Crippen LogP contribution in [0.15, 0.2) is 41.6 Å². The van der Waals surface area contributed by atoms with E-state index in [2.05, 4.69) is 35.3 Å². The number of imidazole rings is 1. The highest BCUT2D eigenvalue weighted by Crippen LogP contribution is 2.40. The van der Waals surface area contributed by atoms with Gasteiger partial charge in [0.15, 0.2) is 0 Å². The molecule has 4 aromatic heterocycles. The van der Waals surface area contributed by atoms with Crippen LogP contribution in [0, 0.1) is 0 Å². The number of halogens is 3. The van der Waals surface area contributed by atoms with E-state index in [9.17, 15) is 18.0 Å². The molecule has 5 heterocycles. The Morgan fingerprint density at radius 1 is 1.11 bits per heavy atom. The Kier molecular flexibility index (Phi) is 5.75. The Morgan fingerprint density at radius 2 is 1.87 bits per heavy atom. The Bertz CT molecular complexity index is 1690. The van der Waals surface area contributed by atoms with E-state index in [-0.39, 0.29) is 29.1 Å². The van der Waals surface area contributed by atoms with E-state index in [1.165, 1.54) is 6.07 Å². The molecule has 0 unspecified atom stereocenters. The highest BCUT2D eigenvalue weighted by atomic mass is 19.4. The predicted octanol–water partition coefficient (Wildman–Crippen LogP) is 3.06. The number of nitrogens with zero attached hydrogens (tertiary/aromatic N) is 6. The summed E-state index contributed by atoms with van der Waals surface area (Å²) in [7, 11) is 1.72. The fraction of sp³-hybridized carbons (Fsp3) is 0.292. The zero-order valence-electron chi connectivity index (χ0n) is 20.1. The third-order valence-corrected chi connectivity index (χ3v) is 6.33. The van der Waals surface area contributed by atoms with E-state index < -0.39 is 17.3 Å². The van der Waals surface area contributed by atoms with Gasteiger partial charge in [0.25, 0.3) is 5.56 Å². The van der Waals surface area contributed by atoms with Gasteiger partial charge >= 0.3 is 6.18 Å². The number of aryl methyl sites for hydroxylation is 1. The van der Waals surface area contributed by atoms with Crippen molar-refractivity contribution >= 4 is 33.4 Å². The van der Waals surface area contributed by atoms with Crippen molar-refractivity contribution in [1.82, 2.24) is 34.7 Å². The Balaban J connectivity index is 1.51. The second-order valence-electron chi connectivity index (χ2n) is 8.86. The molecule has 0 spiro atoms. The molecule has 0 amide bonds. The number of pyridine rings is 1. The highest BCUT2D eigenvalue weighted by molar-refractivity contribution is 5.96. The molecule has 0 radical (unpaired) electrons. The number of morpholine rings is 1. The molecular weight excluding hydrogens is 503 g/mol. The van der Waals surface area contributed by atoms with Crippen molar-refractivity contribution < 1.29 is 17.9 Å². The lowest BCUT2D eigenvalue weighted by atomic mass is 10.1. The van der Waals surface area contributed by atoms with Gasteiger partial charge in [-0.15, -0.1) is 0 Å². The lowest BCUT2D eigenvalue weighted by Gasteiger charge is -2.31. The molecular formula is C24H22F3N9O2. The van der Waals surface area contributed by atoms with Crippen molar-refractivity contribution in [3.63, 3.8) is 0 Å². The van der Waals surface area contributed by atoms with Crippen LogP contribution in [0.2, 0.25) is 0 Å². The van der Waals surface area contributed by atoms with Gasteiger partial charge in [0, 0.05) is 38.7 Å². The number of nitrogens with one attached hydrogen (secondary N) is 3. The minimum absolute atomic E-state index is 0.0278. The zero-order chi connectivity index (χ0) is 26.4. The molecule has 11 nitrogen and oxygen atoms in total. The van der Waals surface area contributed by atoms with Gasteiger partial charge in [-0.3, -0.25) is 9.48 Å².